The molecule has 0 aromatic heterocycles. The van der Waals surface area contributed by atoms with Gasteiger partial charge in [-0.3, -0.25) is 9.59 Å². The van der Waals surface area contributed by atoms with Gasteiger partial charge in [0.1, 0.15) is 17.6 Å². The maximum atomic E-state index is 13.1. The van der Waals surface area contributed by atoms with Gasteiger partial charge in [-0.15, -0.1) is 0 Å². The molecule has 0 heterocycles. The molecule has 0 aliphatic heterocycles. The zero-order valence-electron chi connectivity index (χ0n) is 22.5. The van der Waals surface area contributed by atoms with Gasteiger partial charge in [0.25, 0.3) is 0 Å². The standard InChI is InChI=1S/C29H52O4/c1-7-22(8-2)28(5,24-17-13-11-14-18-24)32-26(30)21-27(31)33-29(6,23(9-3)10-4)25-19-15-12-16-20-25/h22-25H,7-21H2,1-6H3. The molecular weight excluding hydrogens is 412 g/mol. The third-order valence-corrected chi connectivity index (χ3v) is 9.38. The number of hydrogen-bond acceptors (Lipinski definition) is 4. The van der Waals surface area contributed by atoms with E-state index in [1.165, 1.54) is 38.5 Å². The summed E-state index contributed by atoms with van der Waals surface area (Å²) in [6, 6.07) is 0. The summed E-state index contributed by atoms with van der Waals surface area (Å²) in [4.78, 5) is 26.2. The van der Waals surface area contributed by atoms with E-state index in [2.05, 4.69) is 41.5 Å². The third kappa shape index (κ3) is 6.98. The van der Waals surface area contributed by atoms with Gasteiger partial charge in [-0.1, -0.05) is 66.2 Å². The first-order chi connectivity index (χ1) is 15.7. The van der Waals surface area contributed by atoms with Gasteiger partial charge < -0.3 is 9.47 Å². The van der Waals surface area contributed by atoms with Crippen molar-refractivity contribution in [1.29, 1.82) is 0 Å². The molecule has 2 saturated carbocycles. The van der Waals surface area contributed by atoms with E-state index in [1.54, 1.807) is 0 Å². The van der Waals surface area contributed by atoms with Gasteiger partial charge in [0, 0.05) is 0 Å². The first-order valence-electron chi connectivity index (χ1n) is 14.2. The Hall–Kier alpha value is -1.06. The molecule has 33 heavy (non-hydrogen) atoms. The molecule has 2 aliphatic rings. The van der Waals surface area contributed by atoms with Crippen LogP contribution in [0.5, 0.6) is 0 Å². The van der Waals surface area contributed by atoms with Crippen LogP contribution in [0.15, 0.2) is 0 Å². The van der Waals surface area contributed by atoms with E-state index >= 15 is 0 Å². The summed E-state index contributed by atoms with van der Waals surface area (Å²) >= 11 is 0. The summed E-state index contributed by atoms with van der Waals surface area (Å²) in [6.45, 7) is 13.0. The number of ether oxygens (including phenoxy) is 2. The van der Waals surface area contributed by atoms with Gasteiger partial charge in [0.05, 0.1) is 0 Å². The van der Waals surface area contributed by atoms with Crippen molar-refractivity contribution in [3.63, 3.8) is 0 Å². The number of esters is 2. The van der Waals surface area contributed by atoms with E-state index in [9.17, 15) is 9.59 Å². The van der Waals surface area contributed by atoms with Crippen molar-refractivity contribution < 1.29 is 19.1 Å². The first kappa shape index (κ1) is 28.2. The van der Waals surface area contributed by atoms with Crippen LogP contribution >= 0.6 is 0 Å². The lowest BCUT2D eigenvalue weighted by Gasteiger charge is -2.45. The van der Waals surface area contributed by atoms with Crippen LogP contribution in [-0.4, -0.2) is 23.1 Å². The van der Waals surface area contributed by atoms with Crippen LogP contribution in [0.4, 0.5) is 0 Å². The van der Waals surface area contributed by atoms with Crippen LogP contribution < -0.4 is 0 Å². The summed E-state index contributed by atoms with van der Waals surface area (Å²) in [5.41, 5.74) is -0.993. The molecule has 0 saturated heterocycles. The van der Waals surface area contributed by atoms with E-state index in [4.69, 9.17) is 9.47 Å². The minimum Gasteiger partial charge on any atom is -0.458 e. The molecule has 0 N–H and O–H groups in total. The molecular formula is C29H52O4. The van der Waals surface area contributed by atoms with Gasteiger partial charge >= 0.3 is 11.9 Å². The fourth-order valence-electron chi connectivity index (χ4n) is 7.23. The van der Waals surface area contributed by atoms with Crippen LogP contribution in [0.3, 0.4) is 0 Å². The Bertz CT molecular complexity index is 545. The van der Waals surface area contributed by atoms with Crippen molar-refractivity contribution in [1.82, 2.24) is 0 Å². The zero-order chi connectivity index (χ0) is 24.5. The highest BCUT2D eigenvalue weighted by molar-refractivity contribution is 5.91. The first-order valence-corrected chi connectivity index (χ1v) is 14.2. The van der Waals surface area contributed by atoms with Gasteiger partial charge in [-0.25, -0.2) is 0 Å². The van der Waals surface area contributed by atoms with E-state index in [-0.39, 0.29) is 6.42 Å². The van der Waals surface area contributed by atoms with Crippen molar-refractivity contribution in [3.8, 4) is 0 Å². The Balaban J connectivity index is 2.11. The van der Waals surface area contributed by atoms with Crippen LogP contribution in [0.2, 0.25) is 0 Å². The normalized spacial score (nSPS) is 22.1. The predicted molar refractivity (Wildman–Crippen MR) is 135 cm³/mol. The molecule has 0 aromatic rings. The highest BCUT2D eigenvalue weighted by atomic mass is 16.6. The summed E-state index contributed by atoms with van der Waals surface area (Å²) in [5.74, 6) is 0.586. The summed E-state index contributed by atoms with van der Waals surface area (Å²) in [6.07, 6.45) is 15.4. The van der Waals surface area contributed by atoms with E-state index in [0.717, 1.165) is 51.4 Å². The van der Waals surface area contributed by atoms with E-state index < -0.39 is 23.1 Å². The fourth-order valence-corrected chi connectivity index (χ4v) is 7.23. The quantitative estimate of drug-likeness (QED) is 0.217. The topological polar surface area (TPSA) is 52.6 Å². The van der Waals surface area contributed by atoms with E-state index in [1.807, 2.05) is 0 Å². The molecule has 2 atom stereocenters. The molecule has 0 aromatic carbocycles. The Morgan fingerprint density at radius 1 is 0.636 bits per heavy atom. The summed E-state index contributed by atoms with van der Waals surface area (Å²) < 4.78 is 12.5. The van der Waals surface area contributed by atoms with Crippen molar-refractivity contribution in [2.45, 2.75) is 149 Å². The van der Waals surface area contributed by atoms with Crippen molar-refractivity contribution in [2.75, 3.05) is 0 Å². The lowest BCUT2D eigenvalue weighted by Crippen LogP contribution is -2.48. The summed E-state index contributed by atoms with van der Waals surface area (Å²) in [7, 11) is 0. The SMILES string of the molecule is CCC(CC)C(C)(OC(=O)CC(=O)OC(C)(C(CC)CC)C1CCCCC1)C1CCCCC1. The Labute approximate surface area is 203 Å². The van der Waals surface area contributed by atoms with Crippen LogP contribution in [-0.2, 0) is 19.1 Å². The lowest BCUT2D eigenvalue weighted by molar-refractivity contribution is -0.186. The highest BCUT2D eigenvalue weighted by Gasteiger charge is 2.46. The average Bonchev–Trinajstić information content (AvgIpc) is 2.81. The van der Waals surface area contributed by atoms with Crippen molar-refractivity contribution in [2.24, 2.45) is 23.7 Å². The second kappa shape index (κ2) is 13.1. The molecule has 2 aliphatic carbocycles. The van der Waals surface area contributed by atoms with Crippen LogP contribution in [0.25, 0.3) is 0 Å². The molecule has 2 rings (SSSR count). The van der Waals surface area contributed by atoms with Crippen LogP contribution in [0, 0.1) is 23.7 Å². The van der Waals surface area contributed by atoms with E-state index in [0.29, 0.717) is 23.7 Å². The molecule has 2 unspecified atom stereocenters. The lowest BCUT2D eigenvalue weighted by atomic mass is 9.69. The predicted octanol–water partition coefficient (Wildman–Crippen LogP) is 8.01. The van der Waals surface area contributed by atoms with Crippen LogP contribution in [0.1, 0.15) is 138 Å². The number of carbonyl (C=O) groups excluding carboxylic acids is 2. The van der Waals surface area contributed by atoms with Gasteiger partial charge in [0.2, 0.25) is 0 Å². The minimum atomic E-state index is -0.497. The maximum Gasteiger partial charge on any atom is 0.317 e. The Morgan fingerprint density at radius 2 is 0.939 bits per heavy atom. The van der Waals surface area contributed by atoms with Gasteiger partial charge in [-0.05, 0) is 88.9 Å². The Morgan fingerprint density at radius 3 is 1.21 bits per heavy atom. The molecule has 0 bridgehead atoms. The second-order valence-electron chi connectivity index (χ2n) is 11.2. The third-order valence-electron chi connectivity index (χ3n) is 9.38. The minimum absolute atomic E-state index is 0.273. The molecule has 4 nitrogen and oxygen atoms in total. The zero-order valence-corrected chi connectivity index (χ0v) is 22.5. The van der Waals surface area contributed by atoms with Gasteiger partial charge in [-0.2, -0.15) is 0 Å². The summed E-state index contributed by atoms with van der Waals surface area (Å²) in [5, 5.41) is 0. The second-order valence-corrected chi connectivity index (χ2v) is 11.2. The monoisotopic (exact) mass is 464 g/mol. The molecule has 0 spiro atoms. The maximum absolute atomic E-state index is 13.1. The largest absolute Gasteiger partial charge is 0.458 e. The van der Waals surface area contributed by atoms with Gasteiger partial charge in [0.15, 0.2) is 0 Å². The molecule has 4 heteroatoms. The average molecular weight is 465 g/mol. The molecule has 0 amide bonds. The number of rotatable bonds is 12. The Kier molecular flexibility index (Phi) is 11.2. The highest BCUT2D eigenvalue weighted by Crippen LogP contribution is 2.44. The van der Waals surface area contributed by atoms with Crippen molar-refractivity contribution in [3.05, 3.63) is 0 Å². The fraction of sp³-hybridized carbons (Fsp3) is 0.931. The smallest absolute Gasteiger partial charge is 0.317 e. The number of hydrogen-bond donors (Lipinski definition) is 0. The van der Waals surface area contributed by atoms with Crippen molar-refractivity contribution >= 4 is 11.9 Å². The molecule has 0 radical (unpaired) electrons. The number of carbonyl (C=O) groups is 2. The molecule has 192 valence electrons. The molecule has 2 fully saturated rings.